The Balaban J connectivity index is 1.44. The zero-order valence-electron chi connectivity index (χ0n) is 12.7. The summed E-state index contributed by atoms with van der Waals surface area (Å²) < 4.78 is 24.4. The first-order valence-corrected chi connectivity index (χ1v) is 9.23. The van der Waals surface area contributed by atoms with Crippen LogP contribution in [0.15, 0.2) is 40.9 Å². The van der Waals surface area contributed by atoms with Crippen molar-refractivity contribution in [2.45, 2.75) is 12.3 Å². The summed E-state index contributed by atoms with van der Waals surface area (Å²) >= 11 is 5.02. The van der Waals surface area contributed by atoms with Crippen molar-refractivity contribution in [1.82, 2.24) is 5.32 Å². The molecule has 0 unspecified atom stereocenters. The summed E-state index contributed by atoms with van der Waals surface area (Å²) in [6, 6.07) is 9.89. The van der Waals surface area contributed by atoms with Gasteiger partial charge < -0.3 is 14.8 Å². The Morgan fingerprint density at radius 1 is 1.21 bits per heavy atom. The molecular formula is C17H15BrFNO3S. The number of rotatable bonds is 6. The van der Waals surface area contributed by atoms with Crippen LogP contribution in [0.25, 0.3) is 0 Å². The Kier molecular flexibility index (Phi) is 5.63. The van der Waals surface area contributed by atoms with Gasteiger partial charge >= 0.3 is 0 Å². The topological polar surface area (TPSA) is 47.6 Å². The summed E-state index contributed by atoms with van der Waals surface area (Å²) in [5.41, 5.74) is 1.92. The number of nitrogens with one attached hydrogen (secondary N) is 1. The number of carbonyl (C=O) groups is 1. The molecule has 7 heteroatoms. The molecule has 0 radical (unpaired) electrons. The Hall–Kier alpha value is -1.73. The van der Waals surface area contributed by atoms with E-state index in [9.17, 15) is 9.18 Å². The number of hydrogen-bond acceptors (Lipinski definition) is 4. The average molecular weight is 412 g/mol. The lowest BCUT2D eigenvalue weighted by atomic mass is 10.2. The molecule has 4 nitrogen and oxygen atoms in total. The SMILES string of the molecule is O=C(CSCc1cc2c(cc1Br)OCO2)NCc1ccc(F)cc1. The second kappa shape index (κ2) is 7.90. The Morgan fingerprint density at radius 2 is 1.92 bits per heavy atom. The number of thioether (sulfide) groups is 1. The van der Waals surface area contributed by atoms with E-state index in [2.05, 4.69) is 21.2 Å². The molecule has 3 rings (SSSR count). The zero-order chi connectivity index (χ0) is 16.9. The van der Waals surface area contributed by atoms with Crippen molar-refractivity contribution in [1.29, 1.82) is 0 Å². The Labute approximate surface area is 151 Å². The van der Waals surface area contributed by atoms with Gasteiger partial charge in [0.15, 0.2) is 11.5 Å². The van der Waals surface area contributed by atoms with Crippen LogP contribution in [0.2, 0.25) is 0 Å². The van der Waals surface area contributed by atoms with Crippen LogP contribution in [-0.4, -0.2) is 18.5 Å². The van der Waals surface area contributed by atoms with Crippen LogP contribution in [0.3, 0.4) is 0 Å². The third-order valence-corrected chi connectivity index (χ3v) is 5.15. The van der Waals surface area contributed by atoms with Crippen LogP contribution in [0.5, 0.6) is 11.5 Å². The van der Waals surface area contributed by atoms with Gasteiger partial charge in [-0.2, -0.15) is 0 Å². The molecule has 1 aliphatic heterocycles. The van der Waals surface area contributed by atoms with E-state index < -0.39 is 0 Å². The highest BCUT2D eigenvalue weighted by Gasteiger charge is 2.16. The van der Waals surface area contributed by atoms with Gasteiger partial charge in [-0.1, -0.05) is 28.1 Å². The van der Waals surface area contributed by atoms with Gasteiger partial charge in [0.05, 0.1) is 5.75 Å². The lowest BCUT2D eigenvalue weighted by Gasteiger charge is -2.07. The maximum Gasteiger partial charge on any atom is 0.231 e. The standard InChI is InChI=1S/C17H15BrFNO3S/c18-14-6-16-15(22-10-23-16)5-12(14)8-24-9-17(21)20-7-11-1-3-13(19)4-2-11/h1-6H,7-10H2,(H,20,21). The number of benzene rings is 2. The van der Waals surface area contributed by atoms with Crippen LogP contribution in [-0.2, 0) is 17.1 Å². The third-order valence-electron chi connectivity index (χ3n) is 3.44. The largest absolute Gasteiger partial charge is 0.454 e. The summed E-state index contributed by atoms with van der Waals surface area (Å²) in [6.07, 6.45) is 0. The summed E-state index contributed by atoms with van der Waals surface area (Å²) in [6.45, 7) is 0.636. The van der Waals surface area contributed by atoms with Crippen molar-refractivity contribution in [3.8, 4) is 11.5 Å². The first-order valence-electron chi connectivity index (χ1n) is 7.29. The Morgan fingerprint density at radius 3 is 2.67 bits per heavy atom. The minimum atomic E-state index is -0.282. The molecule has 0 bridgehead atoms. The lowest BCUT2D eigenvalue weighted by Crippen LogP contribution is -2.24. The molecule has 0 aliphatic carbocycles. The smallest absolute Gasteiger partial charge is 0.231 e. The van der Waals surface area contributed by atoms with Gasteiger partial charge in [-0.05, 0) is 35.4 Å². The molecule has 1 amide bonds. The van der Waals surface area contributed by atoms with E-state index in [4.69, 9.17) is 9.47 Å². The second-order valence-corrected chi connectivity index (χ2v) is 7.03. The van der Waals surface area contributed by atoms with Crippen LogP contribution in [0.4, 0.5) is 4.39 Å². The summed E-state index contributed by atoms with van der Waals surface area (Å²) in [5.74, 6) is 2.15. The fourth-order valence-electron chi connectivity index (χ4n) is 2.18. The molecular weight excluding hydrogens is 397 g/mol. The summed E-state index contributed by atoms with van der Waals surface area (Å²) in [4.78, 5) is 11.9. The molecule has 0 saturated heterocycles. The van der Waals surface area contributed by atoms with E-state index in [1.54, 1.807) is 12.1 Å². The number of halogens is 2. The fourth-order valence-corrected chi connectivity index (χ4v) is 3.67. The minimum absolute atomic E-state index is 0.0545. The molecule has 0 aromatic heterocycles. The first kappa shape index (κ1) is 17.1. The monoisotopic (exact) mass is 411 g/mol. The molecule has 0 spiro atoms. The van der Waals surface area contributed by atoms with E-state index in [1.165, 1.54) is 23.9 Å². The van der Waals surface area contributed by atoms with Crippen molar-refractivity contribution in [3.63, 3.8) is 0 Å². The molecule has 24 heavy (non-hydrogen) atoms. The zero-order valence-corrected chi connectivity index (χ0v) is 15.1. The predicted octanol–water partition coefficient (Wildman–Crippen LogP) is 3.87. The number of fused-ring (bicyclic) bond motifs is 1. The highest BCUT2D eigenvalue weighted by molar-refractivity contribution is 9.10. The third kappa shape index (κ3) is 4.42. The van der Waals surface area contributed by atoms with Crippen molar-refractivity contribution in [2.75, 3.05) is 12.5 Å². The van der Waals surface area contributed by atoms with E-state index in [-0.39, 0.29) is 18.5 Å². The number of ether oxygens (including phenoxy) is 2. The van der Waals surface area contributed by atoms with Gasteiger partial charge in [-0.25, -0.2) is 4.39 Å². The molecule has 0 atom stereocenters. The van der Waals surface area contributed by atoms with Gasteiger partial charge in [-0.15, -0.1) is 11.8 Å². The minimum Gasteiger partial charge on any atom is -0.454 e. The van der Waals surface area contributed by atoms with Crippen LogP contribution < -0.4 is 14.8 Å². The first-order chi connectivity index (χ1) is 11.6. The number of hydrogen-bond donors (Lipinski definition) is 1. The van der Waals surface area contributed by atoms with Gasteiger partial charge in [0.25, 0.3) is 0 Å². The molecule has 1 aliphatic rings. The maximum absolute atomic E-state index is 12.8. The molecule has 0 fully saturated rings. The predicted molar refractivity (Wildman–Crippen MR) is 94.7 cm³/mol. The molecule has 2 aromatic carbocycles. The van der Waals surface area contributed by atoms with Crippen molar-refractivity contribution >= 4 is 33.6 Å². The average Bonchev–Trinajstić information content (AvgIpc) is 3.01. The van der Waals surface area contributed by atoms with Gasteiger partial charge in [0.2, 0.25) is 12.7 Å². The van der Waals surface area contributed by atoms with E-state index >= 15 is 0 Å². The van der Waals surface area contributed by atoms with Gasteiger partial charge in [-0.3, -0.25) is 4.79 Å². The van der Waals surface area contributed by atoms with Crippen molar-refractivity contribution in [3.05, 3.63) is 57.8 Å². The molecule has 0 saturated carbocycles. The molecule has 126 valence electrons. The van der Waals surface area contributed by atoms with Crippen LogP contribution in [0, 0.1) is 5.82 Å². The van der Waals surface area contributed by atoms with Gasteiger partial charge in [0.1, 0.15) is 5.82 Å². The van der Waals surface area contributed by atoms with E-state index in [0.717, 1.165) is 27.1 Å². The van der Waals surface area contributed by atoms with Gasteiger partial charge in [0, 0.05) is 16.8 Å². The van der Waals surface area contributed by atoms with Crippen LogP contribution in [0.1, 0.15) is 11.1 Å². The lowest BCUT2D eigenvalue weighted by molar-refractivity contribution is -0.118. The van der Waals surface area contributed by atoms with E-state index in [0.29, 0.717) is 18.1 Å². The number of amides is 1. The van der Waals surface area contributed by atoms with E-state index in [1.807, 2.05) is 12.1 Å². The Bertz CT molecular complexity index is 739. The molecule has 1 N–H and O–H groups in total. The normalized spacial score (nSPS) is 12.2. The highest BCUT2D eigenvalue weighted by Crippen LogP contribution is 2.38. The highest BCUT2D eigenvalue weighted by atomic mass is 79.9. The fraction of sp³-hybridized carbons (Fsp3) is 0.235. The second-order valence-electron chi connectivity index (χ2n) is 5.19. The van der Waals surface area contributed by atoms with Crippen molar-refractivity contribution < 1.29 is 18.7 Å². The van der Waals surface area contributed by atoms with Crippen molar-refractivity contribution in [2.24, 2.45) is 0 Å². The van der Waals surface area contributed by atoms with Crippen LogP contribution >= 0.6 is 27.7 Å². The summed E-state index contributed by atoms with van der Waals surface area (Å²) in [7, 11) is 0. The molecule has 1 heterocycles. The maximum atomic E-state index is 12.8. The number of carbonyl (C=O) groups excluding carboxylic acids is 1. The quantitative estimate of drug-likeness (QED) is 0.783. The molecule has 2 aromatic rings. The summed E-state index contributed by atoms with van der Waals surface area (Å²) in [5, 5.41) is 2.82.